The Morgan fingerprint density at radius 1 is 0.490 bits per heavy atom. The Kier molecular flexibility index (Phi) is 5.26. The lowest BCUT2D eigenvalue weighted by Gasteiger charge is -2.21. The molecule has 4 aromatic heterocycles. The predicted octanol–water partition coefficient (Wildman–Crippen LogP) is 10.1. The fourth-order valence-corrected chi connectivity index (χ4v) is 7.61. The molecule has 10 aromatic rings. The molecule has 1 aliphatic rings. The van der Waals surface area contributed by atoms with Crippen LogP contribution in [0, 0.1) is 0 Å². The Morgan fingerprint density at radius 3 is 2.04 bits per heavy atom. The smallest absolute Gasteiger partial charge is 0.235 e. The largest absolute Gasteiger partial charge is 0.453 e. The van der Waals surface area contributed by atoms with Crippen molar-refractivity contribution in [1.82, 2.24) is 29.1 Å². The van der Waals surface area contributed by atoms with Gasteiger partial charge in [0.15, 0.2) is 17.3 Å². The normalized spacial score (nSPS) is 12.2. The lowest BCUT2D eigenvalue weighted by Crippen LogP contribution is -2.05. The Labute approximate surface area is 279 Å². The van der Waals surface area contributed by atoms with Crippen molar-refractivity contribution in [2.75, 3.05) is 0 Å². The Hall–Kier alpha value is -6.86. The average Bonchev–Trinajstić information content (AvgIpc) is 3.69. The monoisotopic (exact) mass is 628 g/mol. The van der Waals surface area contributed by atoms with Gasteiger partial charge in [-0.05, 0) is 42.5 Å². The Bertz CT molecular complexity index is 2980. The van der Waals surface area contributed by atoms with Crippen molar-refractivity contribution >= 4 is 54.5 Å². The molecule has 0 bridgehead atoms. The van der Waals surface area contributed by atoms with E-state index >= 15 is 0 Å². The molecule has 7 heteroatoms. The van der Waals surface area contributed by atoms with Gasteiger partial charge >= 0.3 is 0 Å². The molecule has 49 heavy (non-hydrogen) atoms. The highest BCUT2D eigenvalue weighted by atomic mass is 16.5. The lowest BCUT2D eigenvalue weighted by atomic mass is 10.0. The summed E-state index contributed by atoms with van der Waals surface area (Å²) < 4.78 is 11.2. The minimum atomic E-state index is 0.591. The number of rotatable bonds is 3. The molecule has 0 spiro atoms. The quantitative estimate of drug-likeness (QED) is 0.195. The third-order valence-electron chi connectivity index (χ3n) is 9.61. The molecule has 0 atom stereocenters. The maximum Gasteiger partial charge on any atom is 0.235 e. The van der Waals surface area contributed by atoms with Crippen molar-refractivity contribution in [2.24, 2.45) is 0 Å². The summed E-state index contributed by atoms with van der Waals surface area (Å²) in [5, 5.41) is 5.58. The number of ether oxygens (including phenoxy) is 1. The van der Waals surface area contributed by atoms with Crippen molar-refractivity contribution in [2.45, 2.75) is 0 Å². The first-order valence-corrected chi connectivity index (χ1v) is 16.2. The number of aromatic nitrogens is 6. The number of hydrogen-bond donors (Lipinski definition) is 0. The third-order valence-corrected chi connectivity index (χ3v) is 9.61. The molecule has 6 aromatic carbocycles. The molecule has 0 N–H and O–H groups in total. The van der Waals surface area contributed by atoms with Crippen LogP contribution in [0.5, 0.6) is 11.5 Å². The fraction of sp³-hybridized carbons (Fsp3) is 0. The van der Waals surface area contributed by atoms with Crippen LogP contribution >= 0.6 is 0 Å². The van der Waals surface area contributed by atoms with Crippen LogP contribution in [-0.4, -0.2) is 29.1 Å². The van der Waals surface area contributed by atoms with Gasteiger partial charge in [0.1, 0.15) is 0 Å². The second-order valence-electron chi connectivity index (χ2n) is 12.3. The van der Waals surface area contributed by atoms with Gasteiger partial charge in [-0.3, -0.25) is 4.57 Å². The predicted molar refractivity (Wildman–Crippen MR) is 195 cm³/mol. The van der Waals surface area contributed by atoms with Crippen LogP contribution in [0.4, 0.5) is 0 Å². The van der Waals surface area contributed by atoms with Gasteiger partial charge < -0.3 is 9.30 Å². The first-order valence-electron chi connectivity index (χ1n) is 16.2. The van der Waals surface area contributed by atoms with Gasteiger partial charge in [-0.15, -0.1) is 0 Å². The van der Waals surface area contributed by atoms with Crippen molar-refractivity contribution in [3.8, 4) is 45.8 Å². The summed E-state index contributed by atoms with van der Waals surface area (Å²) in [4.78, 5) is 19.6. The van der Waals surface area contributed by atoms with Crippen LogP contribution in [0.25, 0.3) is 88.8 Å². The number of benzene rings is 6. The molecule has 0 amide bonds. The van der Waals surface area contributed by atoms with Crippen LogP contribution < -0.4 is 4.74 Å². The second-order valence-corrected chi connectivity index (χ2v) is 12.3. The number of nitrogens with zero attached hydrogens (tertiary/aromatic N) is 6. The van der Waals surface area contributed by atoms with E-state index in [1.807, 2.05) is 42.5 Å². The molecule has 0 aliphatic carbocycles. The van der Waals surface area contributed by atoms with E-state index in [4.69, 9.17) is 14.7 Å². The molecule has 7 nitrogen and oxygen atoms in total. The molecule has 0 radical (unpaired) electrons. The van der Waals surface area contributed by atoms with Gasteiger partial charge in [-0.2, -0.15) is 0 Å². The van der Waals surface area contributed by atoms with Gasteiger partial charge in [0, 0.05) is 56.5 Å². The van der Waals surface area contributed by atoms with E-state index in [0.717, 1.165) is 83.1 Å². The van der Waals surface area contributed by atoms with Gasteiger partial charge in [-0.25, -0.2) is 19.9 Å². The summed E-state index contributed by atoms with van der Waals surface area (Å²) in [7, 11) is 0. The maximum absolute atomic E-state index is 6.71. The van der Waals surface area contributed by atoms with Crippen LogP contribution in [0.2, 0.25) is 0 Å². The number of hydrogen-bond acceptors (Lipinski definition) is 5. The zero-order chi connectivity index (χ0) is 32.1. The third kappa shape index (κ3) is 3.66. The van der Waals surface area contributed by atoms with Gasteiger partial charge in [0.05, 0.1) is 39.0 Å². The molecule has 0 unspecified atom stereocenters. The standard InChI is InChI=1S/C42H24N6O/c1-4-16-30-27(13-1)39(25-11-9-12-26(23-25)41-43-21-10-22-44-41)46-42(45-30)48-32-18-6-2-14-28(32)37-34(48)24-36-40-38(37)29-15-3-5-17-31(29)47(40)33-19-7-8-20-35(33)49-36/h1-24H. The minimum Gasteiger partial charge on any atom is -0.453 e. The van der Waals surface area contributed by atoms with Gasteiger partial charge in [0.2, 0.25) is 5.95 Å². The molecule has 1 aliphatic heterocycles. The highest BCUT2D eigenvalue weighted by molar-refractivity contribution is 6.30. The number of para-hydroxylation sites is 5. The van der Waals surface area contributed by atoms with Crippen LogP contribution in [-0.2, 0) is 0 Å². The van der Waals surface area contributed by atoms with Gasteiger partial charge in [0.25, 0.3) is 0 Å². The summed E-state index contributed by atoms with van der Waals surface area (Å²) in [6.07, 6.45) is 3.53. The molecular weight excluding hydrogens is 605 g/mol. The summed E-state index contributed by atoms with van der Waals surface area (Å²) in [6.45, 7) is 0. The highest BCUT2D eigenvalue weighted by Crippen LogP contribution is 2.50. The van der Waals surface area contributed by atoms with Crippen molar-refractivity contribution in [3.05, 3.63) is 146 Å². The summed E-state index contributed by atoms with van der Waals surface area (Å²) in [5.74, 6) is 2.89. The van der Waals surface area contributed by atoms with Crippen LogP contribution in [0.1, 0.15) is 0 Å². The molecule has 11 rings (SSSR count). The maximum atomic E-state index is 6.71. The van der Waals surface area contributed by atoms with E-state index in [2.05, 4.69) is 110 Å². The lowest BCUT2D eigenvalue weighted by molar-refractivity contribution is 0.477. The van der Waals surface area contributed by atoms with Gasteiger partial charge in [-0.1, -0.05) is 84.9 Å². The van der Waals surface area contributed by atoms with Crippen molar-refractivity contribution < 1.29 is 4.74 Å². The molecule has 0 saturated heterocycles. The average molecular weight is 629 g/mol. The zero-order valence-corrected chi connectivity index (χ0v) is 25.9. The van der Waals surface area contributed by atoms with Crippen LogP contribution in [0.15, 0.2) is 146 Å². The van der Waals surface area contributed by atoms with E-state index in [-0.39, 0.29) is 0 Å². The minimum absolute atomic E-state index is 0.591. The van der Waals surface area contributed by atoms with E-state index in [0.29, 0.717) is 11.8 Å². The number of fused-ring (bicyclic) bond motifs is 10. The van der Waals surface area contributed by atoms with E-state index in [1.165, 1.54) is 5.39 Å². The van der Waals surface area contributed by atoms with Crippen molar-refractivity contribution in [1.29, 1.82) is 0 Å². The summed E-state index contributed by atoms with van der Waals surface area (Å²) in [5.41, 5.74) is 8.85. The molecule has 5 heterocycles. The molecule has 0 fully saturated rings. The van der Waals surface area contributed by atoms with E-state index in [1.54, 1.807) is 12.4 Å². The summed E-state index contributed by atoms with van der Waals surface area (Å²) >= 11 is 0. The second kappa shape index (κ2) is 9.82. The topological polar surface area (TPSA) is 70.7 Å². The molecule has 0 saturated carbocycles. The van der Waals surface area contributed by atoms with Crippen LogP contribution in [0.3, 0.4) is 0 Å². The fourth-order valence-electron chi connectivity index (χ4n) is 7.61. The Balaban J connectivity index is 1.26. The van der Waals surface area contributed by atoms with E-state index in [9.17, 15) is 0 Å². The molecular formula is C42H24N6O. The zero-order valence-electron chi connectivity index (χ0n) is 25.9. The molecule has 228 valence electrons. The summed E-state index contributed by atoms with van der Waals surface area (Å²) in [6, 6.07) is 45.8. The highest BCUT2D eigenvalue weighted by Gasteiger charge is 2.28. The van der Waals surface area contributed by atoms with E-state index < -0.39 is 0 Å². The first kappa shape index (κ1) is 26.2. The SMILES string of the molecule is c1cnc(-c2cccc(-c3nc(-n4c5ccccc5c5c6c7ccccc7n7c6c(cc54)Oc4ccccc4-7)nc4ccccc34)c2)nc1. The first-order chi connectivity index (χ1) is 24.3. The van der Waals surface area contributed by atoms with Crippen molar-refractivity contribution in [3.63, 3.8) is 0 Å². The Morgan fingerprint density at radius 2 is 1.18 bits per heavy atom.